The van der Waals surface area contributed by atoms with Crippen LogP contribution in [0.5, 0.6) is 5.75 Å². The molecular weight excluding hydrogens is 377 g/mol. The summed E-state index contributed by atoms with van der Waals surface area (Å²) in [6, 6.07) is 17.4. The first-order valence-electron chi connectivity index (χ1n) is 8.50. The van der Waals surface area contributed by atoms with Gasteiger partial charge in [0.1, 0.15) is 11.6 Å². The molecule has 2 heterocycles. The fourth-order valence-electron chi connectivity index (χ4n) is 2.77. The van der Waals surface area contributed by atoms with Crippen LogP contribution in [0.25, 0.3) is 11.8 Å². The molecule has 140 valence electrons. The molecular formula is C21H16FN3O2S. The molecule has 1 aromatic heterocycles. The van der Waals surface area contributed by atoms with Crippen LogP contribution >= 0.6 is 11.8 Å². The average Bonchev–Trinajstić information content (AvgIpc) is 3.29. The third-order valence-electron chi connectivity index (χ3n) is 4.13. The van der Waals surface area contributed by atoms with Crippen molar-refractivity contribution in [2.24, 2.45) is 4.99 Å². The van der Waals surface area contributed by atoms with Crippen molar-refractivity contribution in [3.05, 3.63) is 83.3 Å². The number of amidine groups is 1. The Morgan fingerprint density at radius 3 is 2.64 bits per heavy atom. The van der Waals surface area contributed by atoms with E-state index < -0.39 is 0 Å². The van der Waals surface area contributed by atoms with Crippen molar-refractivity contribution in [2.75, 3.05) is 7.11 Å². The number of thioether (sulfide) groups is 1. The second-order valence-corrected chi connectivity index (χ2v) is 6.96. The van der Waals surface area contributed by atoms with Gasteiger partial charge in [-0.25, -0.2) is 9.38 Å². The van der Waals surface area contributed by atoms with Crippen LogP contribution in [-0.2, 0) is 4.79 Å². The molecule has 1 aliphatic rings. The van der Waals surface area contributed by atoms with E-state index in [1.54, 1.807) is 54.3 Å². The molecule has 1 N–H and O–H groups in total. The van der Waals surface area contributed by atoms with Crippen molar-refractivity contribution in [3.63, 3.8) is 0 Å². The number of aromatic nitrogens is 1. The van der Waals surface area contributed by atoms with Gasteiger partial charge in [-0.3, -0.25) is 4.79 Å². The zero-order valence-corrected chi connectivity index (χ0v) is 15.7. The zero-order valence-electron chi connectivity index (χ0n) is 14.9. The number of hydrogen-bond donors (Lipinski definition) is 1. The van der Waals surface area contributed by atoms with Gasteiger partial charge in [-0.1, -0.05) is 12.1 Å². The number of carbonyl (C=O) groups excluding carboxylic acids is 1. The second-order valence-electron chi connectivity index (χ2n) is 5.93. The van der Waals surface area contributed by atoms with Crippen molar-refractivity contribution < 1.29 is 13.9 Å². The summed E-state index contributed by atoms with van der Waals surface area (Å²) in [5.74, 6) is 0.170. The van der Waals surface area contributed by atoms with Crippen LogP contribution < -0.4 is 10.1 Å². The van der Waals surface area contributed by atoms with E-state index in [2.05, 4.69) is 10.3 Å². The molecule has 5 nitrogen and oxygen atoms in total. The molecule has 1 aliphatic heterocycles. The lowest BCUT2D eigenvalue weighted by Gasteiger charge is -2.07. The van der Waals surface area contributed by atoms with Gasteiger partial charge in [0.2, 0.25) is 0 Å². The highest BCUT2D eigenvalue weighted by Crippen LogP contribution is 2.29. The van der Waals surface area contributed by atoms with Crippen LogP contribution in [0.3, 0.4) is 0 Å². The van der Waals surface area contributed by atoms with Crippen LogP contribution in [0.1, 0.15) is 5.69 Å². The maximum absolute atomic E-state index is 14.1. The Labute approximate surface area is 165 Å². The first kappa shape index (κ1) is 18.1. The summed E-state index contributed by atoms with van der Waals surface area (Å²) in [5, 5.41) is 3.25. The fourth-order valence-corrected chi connectivity index (χ4v) is 3.59. The van der Waals surface area contributed by atoms with E-state index in [0.29, 0.717) is 27.1 Å². The number of amides is 1. The highest BCUT2D eigenvalue weighted by Gasteiger charge is 2.24. The highest BCUT2D eigenvalue weighted by atomic mass is 32.2. The van der Waals surface area contributed by atoms with Gasteiger partial charge in [0.15, 0.2) is 5.17 Å². The summed E-state index contributed by atoms with van der Waals surface area (Å²) in [6.45, 7) is 0. The third kappa shape index (κ3) is 3.70. The Morgan fingerprint density at radius 1 is 1.11 bits per heavy atom. The summed E-state index contributed by atoms with van der Waals surface area (Å²) in [7, 11) is 1.60. The van der Waals surface area contributed by atoms with Crippen LogP contribution in [0.2, 0.25) is 0 Å². The molecule has 3 aromatic rings. The first-order chi connectivity index (χ1) is 13.6. The van der Waals surface area contributed by atoms with E-state index in [1.807, 2.05) is 24.3 Å². The normalized spacial score (nSPS) is 16.6. The second kappa shape index (κ2) is 7.74. The average molecular weight is 393 g/mol. The first-order valence-corrected chi connectivity index (χ1v) is 9.31. The molecule has 7 heteroatoms. The standard InChI is InChI=1S/C21H16FN3O2S/c1-27-16-10-8-14(9-11-16)23-21-24-20(26)19(28-21)13-15-5-4-12-25(15)18-7-3-2-6-17(18)22/h2-13H,1H3,(H,23,24,26)/b19-13+. The van der Waals surface area contributed by atoms with Gasteiger partial charge < -0.3 is 14.6 Å². The van der Waals surface area contributed by atoms with Gasteiger partial charge in [-0.05, 0) is 66.4 Å². The molecule has 0 bridgehead atoms. The predicted molar refractivity (Wildman–Crippen MR) is 110 cm³/mol. The Hall–Kier alpha value is -3.32. The van der Waals surface area contributed by atoms with Crippen molar-refractivity contribution in [2.45, 2.75) is 0 Å². The third-order valence-corrected chi connectivity index (χ3v) is 5.04. The van der Waals surface area contributed by atoms with E-state index in [9.17, 15) is 9.18 Å². The highest BCUT2D eigenvalue weighted by molar-refractivity contribution is 8.18. The molecule has 1 saturated heterocycles. The molecule has 0 radical (unpaired) electrons. The maximum atomic E-state index is 14.1. The Kier molecular flexibility index (Phi) is 4.99. The maximum Gasteiger partial charge on any atom is 0.264 e. The summed E-state index contributed by atoms with van der Waals surface area (Å²) in [6.07, 6.45) is 3.48. The molecule has 28 heavy (non-hydrogen) atoms. The Morgan fingerprint density at radius 2 is 1.89 bits per heavy atom. The number of nitrogens with one attached hydrogen (secondary N) is 1. The van der Waals surface area contributed by atoms with E-state index in [4.69, 9.17) is 4.74 Å². The predicted octanol–water partition coefficient (Wildman–Crippen LogP) is 4.52. The van der Waals surface area contributed by atoms with Gasteiger partial charge in [-0.15, -0.1) is 0 Å². The fraction of sp³-hybridized carbons (Fsp3) is 0.0476. The lowest BCUT2D eigenvalue weighted by Crippen LogP contribution is -2.19. The van der Waals surface area contributed by atoms with Gasteiger partial charge >= 0.3 is 0 Å². The monoisotopic (exact) mass is 393 g/mol. The van der Waals surface area contributed by atoms with E-state index in [1.165, 1.54) is 17.8 Å². The number of hydrogen-bond acceptors (Lipinski definition) is 4. The minimum Gasteiger partial charge on any atom is -0.497 e. The smallest absolute Gasteiger partial charge is 0.264 e. The quantitative estimate of drug-likeness (QED) is 0.663. The lowest BCUT2D eigenvalue weighted by atomic mass is 10.3. The number of ether oxygens (including phenoxy) is 1. The van der Waals surface area contributed by atoms with Crippen LogP contribution in [0, 0.1) is 5.82 Å². The number of halogens is 1. The molecule has 2 aromatic carbocycles. The summed E-state index contributed by atoms with van der Waals surface area (Å²) in [5.41, 5.74) is 1.84. The van der Waals surface area contributed by atoms with Crippen LogP contribution in [-0.4, -0.2) is 22.8 Å². The van der Waals surface area contributed by atoms with E-state index >= 15 is 0 Å². The number of carbonyl (C=O) groups is 1. The minimum atomic E-state index is -0.330. The molecule has 0 unspecified atom stereocenters. The molecule has 1 fully saturated rings. The summed E-state index contributed by atoms with van der Waals surface area (Å²) in [4.78, 5) is 17.3. The van der Waals surface area contributed by atoms with Gasteiger partial charge in [0.05, 0.1) is 23.4 Å². The molecule has 0 saturated carbocycles. The number of nitrogens with zero attached hydrogens (tertiary/aromatic N) is 2. The number of aliphatic imine (C=N–C) groups is 1. The van der Waals surface area contributed by atoms with Crippen molar-refractivity contribution in [1.82, 2.24) is 9.88 Å². The zero-order chi connectivity index (χ0) is 19.5. The summed E-state index contributed by atoms with van der Waals surface area (Å²) < 4.78 is 21.0. The van der Waals surface area contributed by atoms with Crippen LogP contribution in [0.4, 0.5) is 10.1 Å². The number of methoxy groups -OCH3 is 1. The van der Waals surface area contributed by atoms with Crippen molar-refractivity contribution in [3.8, 4) is 11.4 Å². The molecule has 0 spiro atoms. The minimum absolute atomic E-state index is 0.237. The summed E-state index contributed by atoms with van der Waals surface area (Å²) >= 11 is 1.24. The molecule has 1 amide bonds. The van der Waals surface area contributed by atoms with E-state index in [-0.39, 0.29) is 11.7 Å². The molecule has 0 aliphatic carbocycles. The molecule has 4 rings (SSSR count). The topological polar surface area (TPSA) is 55.6 Å². The van der Waals surface area contributed by atoms with Crippen molar-refractivity contribution >= 4 is 34.6 Å². The number of rotatable bonds is 4. The largest absolute Gasteiger partial charge is 0.497 e. The van der Waals surface area contributed by atoms with Gasteiger partial charge in [0, 0.05) is 11.9 Å². The SMILES string of the molecule is COc1ccc(N=C2NC(=O)/C(=C\c3cccn3-c3ccccc3F)S2)cc1. The Bertz CT molecular complexity index is 1090. The lowest BCUT2D eigenvalue weighted by molar-refractivity contribution is -0.115. The van der Waals surface area contributed by atoms with Crippen LogP contribution in [0.15, 0.2) is 76.8 Å². The number of benzene rings is 2. The van der Waals surface area contributed by atoms with E-state index in [0.717, 1.165) is 5.75 Å². The number of para-hydroxylation sites is 1. The molecule has 0 atom stereocenters. The van der Waals surface area contributed by atoms with Gasteiger partial charge in [0.25, 0.3) is 5.91 Å². The Balaban J connectivity index is 1.60. The van der Waals surface area contributed by atoms with Crippen molar-refractivity contribution in [1.29, 1.82) is 0 Å². The van der Waals surface area contributed by atoms with Gasteiger partial charge in [-0.2, -0.15) is 0 Å².